The number of hydrogen-bond acceptors (Lipinski definition) is 2. The summed E-state index contributed by atoms with van der Waals surface area (Å²) in [4.78, 5) is 15.1. The van der Waals surface area contributed by atoms with Crippen LogP contribution in [0, 0.1) is 0 Å². The molecule has 29 heavy (non-hydrogen) atoms. The van der Waals surface area contributed by atoms with Crippen molar-refractivity contribution in [2.75, 3.05) is 19.7 Å². The minimum atomic E-state index is -0.295. The van der Waals surface area contributed by atoms with Crippen molar-refractivity contribution in [1.82, 2.24) is 4.90 Å². The molecular weight excluding hydrogens is 405 g/mol. The molecule has 0 aliphatic carbocycles. The molecule has 1 amide bonds. The third-order valence-electron chi connectivity index (χ3n) is 6.02. The third-order valence-corrected chi connectivity index (χ3v) is 6.76. The van der Waals surface area contributed by atoms with Crippen LogP contribution in [0.4, 0.5) is 0 Å². The van der Waals surface area contributed by atoms with Crippen molar-refractivity contribution < 1.29 is 9.90 Å². The molecule has 156 valence electrons. The first-order chi connectivity index (χ1) is 13.8. The van der Waals surface area contributed by atoms with Gasteiger partial charge in [0.05, 0.1) is 16.5 Å². The van der Waals surface area contributed by atoms with Crippen molar-refractivity contribution in [3.63, 3.8) is 0 Å². The van der Waals surface area contributed by atoms with E-state index in [4.69, 9.17) is 23.2 Å². The second-order valence-electron chi connectivity index (χ2n) is 8.38. The predicted octanol–water partition coefficient (Wildman–Crippen LogP) is 5.60. The molecule has 0 radical (unpaired) electrons. The molecule has 1 saturated heterocycles. The Labute approximate surface area is 183 Å². The number of piperidine rings is 1. The summed E-state index contributed by atoms with van der Waals surface area (Å²) < 4.78 is 0. The SMILES string of the molecule is CC(C)c1cccc(CC(=O)N2CCCC(CCO)(c3ccc(Cl)c(Cl)c3)C2)c1. The van der Waals surface area contributed by atoms with Crippen LogP contribution in [0.5, 0.6) is 0 Å². The lowest BCUT2D eigenvalue weighted by Gasteiger charge is -2.43. The number of carbonyl (C=O) groups is 1. The highest BCUT2D eigenvalue weighted by Gasteiger charge is 2.38. The van der Waals surface area contributed by atoms with E-state index in [-0.39, 0.29) is 17.9 Å². The average molecular weight is 434 g/mol. The number of hydrogen-bond donors (Lipinski definition) is 1. The fourth-order valence-electron chi connectivity index (χ4n) is 4.32. The number of carbonyl (C=O) groups excluding carboxylic acids is 1. The highest BCUT2D eigenvalue weighted by atomic mass is 35.5. The highest BCUT2D eigenvalue weighted by Crippen LogP contribution is 2.39. The molecule has 2 aromatic rings. The van der Waals surface area contributed by atoms with Crippen molar-refractivity contribution in [3.8, 4) is 0 Å². The van der Waals surface area contributed by atoms with Crippen LogP contribution in [-0.2, 0) is 16.6 Å². The first kappa shape index (κ1) is 22.1. The lowest BCUT2D eigenvalue weighted by Crippen LogP contribution is -2.49. The van der Waals surface area contributed by atoms with Crippen molar-refractivity contribution >= 4 is 29.1 Å². The van der Waals surface area contributed by atoms with Crippen LogP contribution in [0.1, 0.15) is 55.7 Å². The molecule has 1 heterocycles. The van der Waals surface area contributed by atoms with Crippen molar-refractivity contribution in [2.24, 2.45) is 0 Å². The summed E-state index contributed by atoms with van der Waals surface area (Å²) in [7, 11) is 0. The molecule has 0 bridgehead atoms. The maximum absolute atomic E-state index is 13.1. The second-order valence-corrected chi connectivity index (χ2v) is 9.19. The molecule has 1 fully saturated rings. The van der Waals surface area contributed by atoms with Gasteiger partial charge in [-0.1, -0.05) is 67.4 Å². The molecular formula is C24H29Cl2NO2. The Morgan fingerprint density at radius 3 is 2.66 bits per heavy atom. The van der Waals surface area contributed by atoms with Gasteiger partial charge in [0.25, 0.3) is 0 Å². The molecule has 3 rings (SSSR count). The molecule has 0 aromatic heterocycles. The van der Waals surface area contributed by atoms with Gasteiger partial charge in [0.15, 0.2) is 0 Å². The minimum Gasteiger partial charge on any atom is -0.396 e. The molecule has 1 atom stereocenters. The summed E-state index contributed by atoms with van der Waals surface area (Å²) in [5.74, 6) is 0.569. The van der Waals surface area contributed by atoms with Crippen LogP contribution in [0.3, 0.4) is 0 Å². The van der Waals surface area contributed by atoms with Crippen LogP contribution in [0.2, 0.25) is 10.0 Å². The van der Waals surface area contributed by atoms with E-state index in [9.17, 15) is 9.90 Å². The number of amides is 1. The maximum atomic E-state index is 13.1. The lowest BCUT2D eigenvalue weighted by atomic mass is 9.72. The monoisotopic (exact) mass is 433 g/mol. The first-order valence-electron chi connectivity index (χ1n) is 10.3. The molecule has 2 aromatic carbocycles. The molecule has 1 unspecified atom stereocenters. The van der Waals surface area contributed by atoms with Crippen LogP contribution >= 0.6 is 23.2 Å². The van der Waals surface area contributed by atoms with Crippen molar-refractivity contribution in [2.45, 2.75) is 50.9 Å². The van der Waals surface area contributed by atoms with Gasteiger partial charge in [0.2, 0.25) is 5.91 Å². The molecule has 3 nitrogen and oxygen atoms in total. The molecule has 1 aliphatic heterocycles. The minimum absolute atomic E-state index is 0.0682. The van der Waals surface area contributed by atoms with Gasteiger partial charge in [-0.25, -0.2) is 0 Å². The number of aliphatic hydroxyl groups is 1. The number of likely N-dealkylation sites (tertiary alicyclic amines) is 1. The fourth-order valence-corrected chi connectivity index (χ4v) is 4.62. The van der Waals surface area contributed by atoms with E-state index >= 15 is 0 Å². The van der Waals surface area contributed by atoms with Gasteiger partial charge in [0.1, 0.15) is 0 Å². The zero-order valence-electron chi connectivity index (χ0n) is 17.1. The Balaban J connectivity index is 1.80. The van der Waals surface area contributed by atoms with Crippen LogP contribution in [0.15, 0.2) is 42.5 Å². The molecule has 1 aliphatic rings. The summed E-state index contributed by atoms with van der Waals surface area (Å²) in [6.45, 7) is 5.72. The van der Waals surface area contributed by atoms with Gasteiger partial charge in [-0.2, -0.15) is 0 Å². The van der Waals surface area contributed by atoms with E-state index in [0.29, 0.717) is 35.3 Å². The zero-order valence-corrected chi connectivity index (χ0v) is 18.6. The summed E-state index contributed by atoms with van der Waals surface area (Å²) in [5, 5.41) is 10.8. The third kappa shape index (κ3) is 5.14. The summed E-state index contributed by atoms with van der Waals surface area (Å²) in [6.07, 6.45) is 2.81. The Morgan fingerprint density at radius 1 is 1.17 bits per heavy atom. The normalized spacial score (nSPS) is 19.6. The van der Waals surface area contributed by atoms with E-state index in [1.807, 2.05) is 29.2 Å². The van der Waals surface area contributed by atoms with E-state index in [1.54, 1.807) is 6.07 Å². The number of rotatable bonds is 6. The Morgan fingerprint density at radius 2 is 1.97 bits per heavy atom. The van der Waals surface area contributed by atoms with E-state index in [1.165, 1.54) is 5.56 Å². The smallest absolute Gasteiger partial charge is 0.227 e. The van der Waals surface area contributed by atoms with E-state index < -0.39 is 0 Å². The van der Waals surface area contributed by atoms with Crippen molar-refractivity contribution in [1.29, 1.82) is 0 Å². The van der Waals surface area contributed by atoms with E-state index in [2.05, 4.69) is 26.0 Å². The first-order valence-corrected chi connectivity index (χ1v) is 11.0. The molecule has 0 saturated carbocycles. The van der Waals surface area contributed by atoms with Crippen molar-refractivity contribution in [3.05, 3.63) is 69.2 Å². The predicted molar refractivity (Wildman–Crippen MR) is 120 cm³/mol. The highest BCUT2D eigenvalue weighted by molar-refractivity contribution is 6.42. The second kappa shape index (κ2) is 9.51. The Bertz CT molecular complexity index is 864. The van der Waals surface area contributed by atoms with Crippen LogP contribution < -0.4 is 0 Å². The zero-order chi connectivity index (χ0) is 21.0. The summed E-state index contributed by atoms with van der Waals surface area (Å²) >= 11 is 12.4. The topological polar surface area (TPSA) is 40.5 Å². The van der Waals surface area contributed by atoms with Gasteiger partial charge >= 0.3 is 0 Å². The lowest BCUT2D eigenvalue weighted by molar-refractivity contribution is -0.133. The fraction of sp³-hybridized carbons (Fsp3) is 0.458. The largest absolute Gasteiger partial charge is 0.396 e. The van der Waals surface area contributed by atoms with E-state index in [0.717, 1.165) is 30.5 Å². The number of aliphatic hydroxyl groups excluding tert-OH is 1. The van der Waals surface area contributed by atoms with Gasteiger partial charge in [0, 0.05) is 25.1 Å². The van der Waals surface area contributed by atoms with Gasteiger partial charge in [-0.15, -0.1) is 0 Å². The number of benzene rings is 2. The average Bonchev–Trinajstić information content (AvgIpc) is 2.70. The van der Waals surface area contributed by atoms with Gasteiger partial charge in [-0.3, -0.25) is 4.79 Å². The molecule has 5 heteroatoms. The Kier molecular flexibility index (Phi) is 7.26. The van der Waals surface area contributed by atoms with Gasteiger partial charge < -0.3 is 10.0 Å². The standard InChI is InChI=1S/C24H29Cl2NO2/c1-17(2)19-6-3-5-18(13-19)14-23(29)27-11-4-9-24(16-27,10-12-28)20-7-8-21(25)22(26)15-20/h3,5-8,13,15,17,28H,4,9-12,14,16H2,1-2H3. The molecule has 1 N–H and O–H groups in total. The Hall–Kier alpha value is -1.55. The molecule has 0 spiro atoms. The summed E-state index contributed by atoms with van der Waals surface area (Å²) in [6, 6.07) is 14.0. The maximum Gasteiger partial charge on any atom is 0.227 e. The van der Waals surface area contributed by atoms with Crippen LogP contribution in [-0.4, -0.2) is 35.6 Å². The van der Waals surface area contributed by atoms with Crippen LogP contribution in [0.25, 0.3) is 0 Å². The van der Waals surface area contributed by atoms with Gasteiger partial charge in [-0.05, 0) is 54.0 Å². The number of halogens is 2. The number of nitrogens with zero attached hydrogens (tertiary/aromatic N) is 1. The summed E-state index contributed by atoms with van der Waals surface area (Å²) in [5.41, 5.74) is 3.05. The quantitative estimate of drug-likeness (QED) is 0.643.